The minimum absolute atomic E-state index is 0.121. The highest BCUT2D eigenvalue weighted by Gasteiger charge is 2.47. The molecule has 2 aliphatic rings. The third kappa shape index (κ3) is 4.49. The van der Waals surface area contributed by atoms with Crippen LogP contribution in [0.2, 0.25) is 0 Å². The third-order valence-electron chi connectivity index (χ3n) is 5.00. The normalized spacial score (nSPS) is 21.7. The second-order valence-electron chi connectivity index (χ2n) is 6.98. The SMILES string of the molecule is C[C@@H](OC(=O)CCN1C(=O)[C@H]2CC=CC[C@H]2C1=O)C(=O)Nc1ccc(F)cc1F. The van der Waals surface area contributed by atoms with E-state index in [1.54, 1.807) is 0 Å². The number of likely N-dealkylation sites (tertiary alicyclic amines) is 1. The fraction of sp³-hybridized carbons (Fsp3) is 0.400. The van der Waals surface area contributed by atoms with E-state index in [1.807, 2.05) is 12.2 Å². The molecule has 1 heterocycles. The van der Waals surface area contributed by atoms with Crippen molar-refractivity contribution >= 4 is 29.4 Å². The third-order valence-corrected chi connectivity index (χ3v) is 5.00. The number of carbonyl (C=O) groups is 4. The Morgan fingerprint density at radius 3 is 2.38 bits per heavy atom. The fourth-order valence-electron chi connectivity index (χ4n) is 3.43. The molecule has 1 N–H and O–H groups in total. The van der Waals surface area contributed by atoms with Gasteiger partial charge >= 0.3 is 5.97 Å². The lowest BCUT2D eigenvalue weighted by atomic mass is 9.85. The summed E-state index contributed by atoms with van der Waals surface area (Å²) in [6.45, 7) is 1.17. The molecule has 29 heavy (non-hydrogen) atoms. The highest BCUT2D eigenvalue weighted by Crippen LogP contribution is 2.35. The van der Waals surface area contributed by atoms with Crippen molar-refractivity contribution in [3.8, 4) is 0 Å². The van der Waals surface area contributed by atoms with E-state index in [-0.39, 0.29) is 42.3 Å². The quantitative estimate of drug-likeness (QED) is 0.444. The second-order valence-corrected chi connectivity index (χ2v) is 6.98. The van der Waals surface area contributed by atoms with Gasteiger partial charge in [0.1, 0.15) is 11.6 Å². The molecular formula is C20H20F2N2O5. The number of ether oxygens (including phenoxy) is 1. The van der Waals surface area contributed by atoms with Crippen LogP contribution in [0.3, 0.4) is 0 Å². The molecule has 1 aliphatic carbocycles. The van der Waals surface area contributed by atoms with Crippen LogP contribution in [0.5, 0.6) is 0 Å². The molecule has 3 atom stereocenters. The van der Waals surface area contributed by atoms with E-state index in [0.29, 0.717) is 18.9 Å². The van der Waals surface area contributed by atoms with Crippen LogP contribution in [0.25, 0.3) is 0 Å². The molecule has 1 aliphatic heterocycles. The van der Waals surface area contributed by atoms with Gasteiger partial charge in [-0.1, -0.05) is 12.2 Å². The Bertz CT molecular complexity index is 860. The predicted molar refractivity (Wildman–Crippen MR) is 97.2 cm³/mol. The maximum Gasteiger partial charge on any atom is 0.308 e. The lowest BCUT2D eigenvalue weighted by Crippen LogP contribution is -2.35. The van der Waals surface area contributed by atoms with Gasteiger partial charge in [0.2, 0.25) is 11.8 Å². The lowest BCUT2D eigenvalue weighted by molar-refractivity contribution is -0.154. The number of rotatable bonds is 6. The molecule has 1 aromatic rings. The van der Waals surface area contributed by atoms with Crippen LogP contribution in [0, 0.1) is 23.5 Å². The van der Waals surface area contributed by atoms with Gasteiger partial charge in [0, 0.05) is 12.6 Å². The summed E-state index contributed by atoms with van der Waals surface area (Å²) in [6, 6.07) is 2.64. The molecule has 3 amide bonds. The fourth-order valence-corrected chi connectivity index (χ4v) is 3.43. The average molecular weight is 406 g/mol. The van der Waals surface area contributed by atoms with Crippen molar-refractivity contribution in [2.24, 2.45) is 11.8 Å². The first kappa shape index (κ1) is 20.6. The Hall–Kier alpha value is -3.10. The zero-order valence-electron chi connectivity index (χ0n) is 15.7. The van der Waals surface area contributed by atoms with E-state index in [4.69, 9.17) is 4.74 Å². The van der Waals surface area contributed by atoms with Crippen LogP contribution in [0.4, 0.5) is 14.5 Å². The summed E-state index contributed by atoms with van der Waals surface area (Å²) >= 11 is 0. The minimum Gasteiger partial charge on any atom is -0.452 e. The number of hydrogen-bond donors (Lipinski definition) is 1. The molecule has 0 radical (unpaired) electrons. The first-order valence-corrected chi connectivity index (χ1v) is 9.23. The molecule has 0 saturated carbocycles. The number of halogens is 2. The number of hydrogen-bond acceptors (Lipinski definition) is 5. The summed E-state index contributed by atoms with van der Waals surface area (Å²) in [6.07, 6.45) is 3.25. The van der Waals surface area contributed by atoms with Crippen LogP contribution >= 0.6 is 0 Å². The molecule has 0 bridgehead atoms. The summed E-state index contributed by atoms with van der Waals surface area (Å²) in [5, 5.41) is 2.20. The first-order chi connectivity index (χ1) is 13.8. The lowest BCUT2D eigenvalue weighted by Gasteiger charge is -2.16. The standard InChI is InChI=1S/C20H20F2N2O5/c1-11(18(26)23-16-7-6-12(21)10-15(16)22)29-17(25)8-9-24-19(27)13-4-2-3-5-14(13)20(24)28/h2-3,6-7,10-11,13-14H,4-5,8-9H2,1H3,(H,23,26)/t11-,13-,14+/m1/s1. The number of anilines is 1. The molecule has 0 spiro atoms. The van der Waals surface area contributed by atoms with Gasteiger partial charge in [-0.3, -0.25) is 24.1 Å². The van der Waals surface area contributed by atoms with Crippen LogP contribution < -0.4 is 5.32 Å². The molecule has 9 heteroatoms. The highest BCUT2D eigenvalue weighted by atomic mass is 19.1. The molecule has 7 nitrogen and oxygen atoms in total. The van der Waals surface area contributed by atoms with Gasteiger partial charge in [-0.25, -0.2) is 8.78 Å². The number of benzene rings is 1. The zero-order valence-corrected chi connectivity index (χ0v) is 15.7. The van der Waals surface area contributed by atoms with Gasteiger partial charge in [-0.15, -0.1) is 0 Å². The number of imide groups is 1. The summed E-state index contributed by atoms with van der Waals surface area (Å²) in [5.41, 5.74) is -0.247. The molecule has 1 saturated heterocycles. The monoisotopic (exact) mass is 406 g/mol. The van der Waals surface area contributed by atoms with Gasteiger partial charge in [0.25, 0.3) is 5.91 Å². The second kappa shape index (κ2) is 8.50. The van der Waals surface area contributed by atoms with E-state index in [2.05, 4.69) is 5.32 Å². The minimum atomic E-state index is -1.25. The van der Waals surface area contributed by atoms with E-state index in [0.717, 1.165) is 17.0 Å². The zero-order chi connectivity index (χ0) is 21.1. The van der Waals surface area contributed by atoms with Crippen molar-refractivity contribution in [1.82, 2.24) is 4.90 Å². The summed E-state index contributed by atoms with van der Waals surface area (Å²) < 4.78 is 31.5. The Morgan fingerprint density at radius 1 is 1.17 bits per heavy atom. The molecule has 3 rings (SSSR count). The molecule has 1 aromatic carbocycles. The molecular weight excluding hydrogens is 386 g/mol. The van der Waals surface area contributed by atoms with Crippen molar-refractivity contribution in [2.75, 3.05) is 11.9 Å². The van der Waals surface area contributed by atoms with Gasteiger partial charge < -0.3 is 10.1 Å². The number of amides is 3. The first-order valence-electron chi connectivity index (χ1n) is 9.23. The molecule has 1 fully saturated rings. The van der Waals surface area contributed by atoms with Crippen molar-refractivity contribution in [1.29, 1.82) is 0 Å². The number of carbonyl (C=O) groups excluding carboxylic acids is 4. The number of allylic oxidation sites excluding steroid dienone is 2. The Kier molecular flexibility index (Phi) is 6.05. The number of nitrogens with zero attached hydrogens (tertiary/aromatic N) is 1. The van der Waals surface area contributed by atoms with Crippen LogP contribution in [0.1, 0.15) is 26.2 Å². The Balaban J connectivity index is 1.49. The Morgan fingerprint density at radius 2 is 1.79 bits per heavy atom. The summed E-state index contributed by atoms with van der Waals surface area (Å²) in [5.74, 6) is -4.67. The van der Waals surface area contributed by atoms with Gasteiger partial charge in [-0.2, -0.15) is 0 Å². The maximum atomic E-state index is 13.6. The van der Waals surface area contributed by atoms with Gasteiger partial charge in [0.15, 0.2) is 6.10 Å². The summed E-state index contributed by atoms with van der Waals surface area (Å²) in [4.78, 5) is 49.8. The van der Waals surface area contributed by atoms with Crippen molar-refractivity contribution in [3.63, 3.8) is 0 Å². The predicted octanol–water partition coefficient (Wildman–Crippen LogP) is 2.18. The van der Waals surface area contributed by atoms with Crippen molar-refractivity contribution in [2.45, 2.75) is 32.3 Å². The van der Waals surface area contributed by atoms with Crippen LogP contribution in [-0.2, 0) is 23.9 Å². The largest absolute Gasteiger partial charge is 0.452 e. The van der Waals surface area contributed by atoms with Crippen LogP contribution in [-0.4, -0.2) is 41.2 Å². The van der Waals surface area contributed by atoms with Gasteiger partial charge in [0.05, 0.1) is 23.9 Å². The average Bonchev–Trinajstić information content (AvgIpc) is 2.93. The van der Waals surface area contributed by atoms with Crippen molar-refractivity contribution in [3.05, 3.63) is 42.0 Å². The van der Waals surface area contributed by atoms with E-state index in [1.165, 1.54) is 6.92 Å². The van der Waals surface area contributed by atoms with Crippen molar-refractivity contribution < 1.29 is 32.7 Å². The van der Waals surface area contributed by atoms with E-state index in [9.17, 15) is 28.0 Å². The molecule has 0 unspecified atom stereocenters. The molecule has 154 valence electrons. The van der Waals surface area contributed by atoms with Crippen LogP contribution in [0.15, 0.2) is 30.4 Å². The number of nitrogens with one attached hydrogen (secondary N) is 1. The van der Waals surface area contributed by atoms with E-state index < -0.39 is 29.6 Å². The van der Waals surface area contributed by atoms with E-state index >= 15 is 0 Å². The molecule has 0 aromatic heterocycles. The Labute approximate surface area is 165 Å². The number of fused-ring (bicyclic) bond motifs is 1. The highest BCUT2D eigenvalue weighted by molar-refractivity contribution is 6.05. The van der Waals surface area contributed by atoms with Gasteiger partial charge in [-0.05, 0) is 31.9 Å². The number of esters is 1. The maximum absolute atomic E-state index is 13.6. The smallest absolute Gasteiger partial charge is 0.308 e. The topological polar surface area (TPSA) is 92.8 Å². The summed E-state index contributed by atoms with van der Waals surface area (Å²) in [7, 11) is 0.